The fourth-order valence-electron chi connectivity index (χ4n) is 2.18. The van der Waals surface area contributed by atoms with Crippen molar-refractivity contribution in [3.05, 3.63) is 63.0 Å². The first-order chi connectivity index (χ1) is 10.5. The average molecular weight is 355 g/mol. The summed E-state index contributed by atoms with van der Waals surface area (Å²) in [5.41, 5.74) is 2.12. The largest absolute Gasteiger partial charge is 0.319 e. The smallest absolute Gasteiger partial charge is 0.274 e. The highest BCUT2D eigenvalue weighted by Crippen LogP contribution is 2.26. The summed E-state index contributed by atoms with van der Waals surface area (Å²) >= 11 is 17.9. The van der Waals surface area contributed by atoms with Gasteiger partial charge < -0.3 is 5.32 Å². The van der Waals surface area contributed by atoms with E-state index < -0.39 is 0 Å². The SMILES string of the molecule is Cc1nc2cc(Cl)ccn2c1C(=O)Nc1ccc(Cl)cc1Cl. The highest BCUT2D eigenvalue weighted by Gasteiger charge is 2.17. The molecule has 0 aliphatic carbocycles. The second kappa shape index (κ2) is 5.80. The lowest BCUT2D eigenvalue weighted by molar-refractivity contribution is 0.102. The fourth-order valence-corrected chi connectivity index (χ4v) is 2.79. The van der Waals surface area contributed by atoms with Gasteiger partial charge in [0.1, 0.15) is 11.3 Å². The molecule has 0 aliphatic rings. The van der Waals surface area contributed by atoms with Crippen LogP contribution in [-0.4, -0.2) is 15.3 Å². The van der Waals surface area contributed by atoms with Crippen LogP contribution in [0.2, 0.25) is 15.1 Å². The molecule has 2 heterocycles. The van der Waals surface area contributed by atoms with Gasteiger partial charge in [0.05, 0.1) is 16.4 Å². The van der Waals surface area contributed by atoms with Crippen LogP contribution in [0.3, 0.4) is 0 Å². The molecule has 3 rings (SSSR count). The average Bonchev–Trinajstić information content (AvgIpc) is 2.76. The molecule has 0 aliphatic heterocycles. The molecule has 0 bridgehead atoms. The minimum atomic E-state index is -0.309. The van der Waals surface area contributed by atoms with Crippen LogP contribution in [0.25, 0.3) is 5.65 Å². The molecule has 0 saturated heterocycles. The lowest BCUT2D eigenvalue weighted by Gasteiger charge is -2.08. The summed E-state index contributed by atoms with van der Waals surface area (Å²) in [7, 11) is 0. The molecule has 0 atom stereocenters. The Morgan fingerprint density at radius 1 is 1.14 bits per heavy atom. The van der Waals surface area contributed by atoms with E-state index in [1.54, 1.807) is 47.9 Å². The minimum Gasteiger partial charge on any atom is -0.319 e. The van der Waals surface area contributed by atoms with Gasteiger partial charge in [-0.05, 0) is 31.2 Å². The number of hydrogen-bond acceptors (Lipinski definition) is 2. The molecule has 0 fully saturated rings. The van der Waals surface area contributed by atoms with Crippen LogP contribution in [-0.2, 0) is 0 Å². The lowest BCUT2D eigenvalue weighted by Crippen LogP contribution is -2.15. The number of nitrogens with one attached hydrogen (secondary N) is 1. The van der Waals surface area contributed by atoms with Crippen LogP contribution in [0, 0.1) is 6.92 Å². The van der Waals surface area contributed by atoms with Crippen molar-refractivity contribution in [1.29, 1.82) is 0 Å². The van der Waals surface area contributed by atoms with Crippen LogP contribution in [0.5, 0.6) is 0 Å². The molecule has 3 aromatic rings. The second-order valence-electron chi connectivity index (χ2n) is 4.70. The van der Waals surface area contributed by atoms with E-state index in [-0.39, 0.29) is 5.91 Å². The van der Waals surface area contributed by atoms with Crippen molar-refractivity contribution < 1.29 is 4.79 Å². The number of halogens is 3. The molecule has 1 amide bonds. The fraction of sp³-hybridized carbons (Fsp3) is 0.0667. The van der Waals surface area contributed by atoms with E-state index in [0.29, 0.717) is 37.8 Å². The molecule has 112 valence electrons. The van der Waals surface area contributed by atoms with Crippen molar-refractivity contribution in [1.82, 2.24) is 9.38 Å². The number of imidazole rings is 1. The highest BCUT2D eigenvalue weighted by atomic mass is 35.5. The van der Waals surface area contributed by atoms with Gasteiger partial charge in [0.2, 0.25) is 0 Å². The van der Waals surface area contributed by atoms with Gasteiger partial charge in [-0.25, -0.2) is 4.98 Å². The van der Waals surface area contributed by atoms with Crippen LogP contribution < -0.4 is 5.32 Å². The molecule has 2 aromatic heterocycles. The zero-order valence-corrected chi connectivity index (χ0v) is 13.7. The first-order valence-electron chi connectivity index (χ1n) is 6.36. The summed E-state index contributed by atoms with van der Waals surface area (Å²) in [5, 5.41) is 4.20. The number of carbonyl (C=O) groups excluding carboxylic acids is 1. The van der Waals surface area contributed by atoms with Crippen LogP contribution in [0.4, 0.5) is 5.69 Å². The molecule has 0 unspecified atom stereocenters. The van der Waals surface area contributed by atoms with Crippen molar-refractivity contribution in [3.8, 4) is 0 Å². The van der Waals surface area contributed by atoms with Gasteiger partial charge in [-0.3, -0.25) is 9.20 Å². The van der Waals surface area contributed by atoms with Gasteiger partial charge >= 0.3 is 0 Å². The number of carbonyl (C=O) groups is 1. The Morgan fingerprint density at radius 2 is 1.86 bits per heavy atom. The Morgan fingerprint density at radius 3 is 2.59 bits per heavy atom. The van der Waals surface area contributed by atoms with E-state index in [9.17, 15) is 4.79 Å². The van der Waals surface area contributed by atoms with Gasteiger partial charge in [-0.15, -0.1) is 0 Å². The summed E-state index contributed by atoms with van der Waals surface area (Å²) in [6, 6.07) is 8.27. The minimum absolute atomic E-state index is 0.309. The normalized spacial score (nSPS) is 10.9. The van der Waals surface area contributed by atoms with Gasteiger partial charge in [-0.1, -0.05) is 34.8 Å². The molecule has 22 heavy (non-hydrogen) atoms. The first-order valence-corrected chi connectivity index (χ1v) is 7.49. The quantitative estimate of drug-likeness (QED) is 0.714. The van der Waals surface area contributed by atoms with Crippen LogP contribution >= 0.6 is 34.8 Å². The predicted octanol–water partition coefficient (Wildman–Crippen LogP) is 4.86. The summed E-state index contributed by atoms with van der Waals surface area (Å²) in [6.07, 6.45) is 1.70. The monoisotopic (exact) mass is 353 g/mol. The van der Waals surface area contributed by atoms with Crippen molar-refractivity contribution in [3.63, 3.8) is 0 Å². The third kappa shape index (κ3) is 2.77. The van der Waals surface area contributed by atoms with E-state index in [2.05, 4.69) is 10.3 Å². The van der Waals surface area contributed by atoms with Gasteiger partial charge in [-0.2, -0.15) is 0 Å². The predicted molar refractivity (Wildman–Crippen MR) is 89.4 cm³/mol. The maximum absolute atomic E-state index is 12.5. The maximum atomic E-state index is 12.5. The maximum Gasteiger partial charge on any atom is 0.274 e. The molecular formula is C15H10Cl3N3O. The Hall–Kier alpha value is -1.75. The van der Waals surface area contributed by atoms with Crippen molar-refractivity contribution >= 4 is 52.0 Å². The Kier molecular flexibility index (Phi) is 4.00. The van der Waals surface area contributed by atoms with Gasteiger partial charge in [0.25, 0.3) is 5.91 Å². The first kappa shape index (κ1) is 15.2. The summed E-state index contributed by atoms with van der Waals surface area (Å²) in [4.78, 5) is 16.9. The molecule has 7 heteroatoms. The standard InChI is InChI=1S/C15H10Cl3N3O/c1-8-14(21-5-4-10(17)7-13(21)19-8)15(22)20-12-3-2-9(16)6-11(12)18/h2-7H,1H3,(H,20,22). The van der Waals surface area contributed by atoms with Crippen molar-refractivity contribution in [2.45, 2.75) is 6.92 Å². The molecular weight excluding hydrogens is 345 g/mol. The van der Waals surface area contributed by atoms with Crippen LogP contribution in [0.15, 0.2) is 36.5 Å². The van der Waals surface area contributed by atoms with E-state index in [1.165, 1.54) is 0 Å². The summed E-state index contributed by atoms with van der Waals surface area (Å²) in [5.74, 6) is -0.309. The van der Waals surface area contributed by atoms with Gasteiger partial charge in [0.15, 0.2) is 0 Å². The number of nitrogens with zero attached hydrogens (tertiary/aromatic N) is 2. The Balaban J connectivity index is 2.00. The molecule has 1 aromatic carbocycles. The topological polar surface area (TPSA) is 46.4 Å². The number of aromatic nitrogens is 2. The number of anilines is 1. The van der Waals surface area contributed by atoms with E-state index >= 15 is 0 Å². The van der Waals surface area contributed by atoms with Crippen molar-refractivity contribution in [2.75, 3.05) is 5.32 Å². The molecule has 4 nitrogen and oxygen atoms in total. The number of rotatable bonds is 2. The van der Waals surface area contributed by atoms with Crippen LogP contribution in [0.1, 0.15) is 16.2 Å². The third-order valence-corrected chi connectivity index (χ3v) is 3.94. The number of hydrogen-bond donors (Lipinski definition) is 1. The van der Waals surface area contributed by atoms with E-state index in [1.807, 2.05) is 0 Å². The molecule has 1 N–H and O–H groups in total. The summed E-state index contributed by atoms with van der Waals surface area (Å²) < 4.78 is 1.68. The molecule has 0 spiro atoms. The third-order valence-electron chi connectivity index (χ3n) is 3.16. The second-order valence-corrected chi connectivity index (χ2v) is 5.98. The zero-order valence-electron chi connectivity index (χ0n) is 11.4. The Bertz CT molecular complexity index is 889. The Labute approximate surface area is 141 Å². The number of amides is 1. The van der Waals surface area contributed by atoms with E-state index in [0.717, 1.165) is 0 Å². The molecule has 0 saturated carbocycles. The number of fused-ring (bicyclic) bond motifs is 1. The number of pyridine rings is 1. The zero-order chi connectivity index (χ0) is 15.9. The number of benzene rings is 1. The highest BCUT2D eigenvalue weighted by molar-refractivity contribution is 6.36. The van der Waals surface area contributed by atoms with Gasteiger partial charge in [0, 0.05) is 22.3 Å². The molecule has 0 radical (unpaired) electrons. The van der Waals surface area contributed by atoms with Crippen molar-refractivity contribution in [2.24, 2.45) is 0 Å². The lowest BCUT2D eigenvalue weighted by atomic mass is 10.2. The number of aryl methyl sites for hydroxylation is 1. The van der Waals surface area contributed by atoms with E-state index in [4.69, 9.17) is 34.8 Å². The summed E-state index contributed by atoms with van der Waals surface area (Å²) in [6.45, 7) is 1.76.